The number of hydrogen-bond acceptors (Lipinski definition) is 5. The van der Waals surface area contributed by atoms with Crippen LogP contribution in [0.1, 0.15) is 16.7 Å². The van der Waals surface area contributed by atoms with Crippen molar-refractivity contribution in [2.75, 3.05) is 7.11 Å². The molecule has 0 aliphatic heterocycles. The maximum absolute atomic E-state index is 11.8. The molecule has 0 radical (unpaired) electrons. The van der Waals surface area contributed by atoms with Crippen molar-refractivity contribution in [1.29, 1.82) is 0 Å². The molecule has 0 saturated heterocycles. The first-order chi connectivity index (χ1) is 11.6. The van der Waals surface area contributed by atoms with E-state index in [2.05, 4.69) is 4.74 Å². The molecule has 2 aromatic carbocycles. The fraction of sp³-hybridized carbons (Fsp3) is 0.263. The Morgan fingerprint density at radius 2 is 1.58 bits per heavy atom. The molecule has 0 amide bonds. The highest BCUT2D eigenvalue weighted by molar-refractivity contribution is 5.75. The molecule has 0 aliphatic carbocycles. The van der Waals surface area contributed by atoms with E-state index in [1.165, 1.54) is 7.11 Å². The predicted molar refractivity (Wildman–Crippen MR) is 88.1 cm³/mol. The summed E-state index contributed by atoms with van der Waals surface area (Å²) in [5.74, 6) is -0.968. The minimum absolute atomic E-state index is 0.134. The second kappa shape index (κ2) is 8.84. The third kappa shape index (κ3) is 5.52. The van der Waals surface area contributed by atoms with Crippen LogP contribution in [0.3, 0.4) is 0 Å². The molecule has 5 nitrogen and oxygen atoms in total. The van der Waals surface area contributed by atoms with Gasteiger partial charge < -0.3 is 14.6 Å². The highest BCUT2D eigenvalue weighted by Gasteiger charge is 2.17. The van der Waals surface area contributed by atoms with Gasteiger partial charge in [-0.1, -0.05) is 54.6 Å². The predicted octanol–water partition coefficient (Wildman–Crippen LogP) is 2.05. The Balaban J connectivity index is 1.83. The second-order valence-electron chi connectivity index (χ2n) is 5.38. The lowest BCUT2D eigenvalue weighted by Crippen LogP contribution is -2.25. The molecule has 2 rings (SSSR count). The van der Waals surface area contributed by atoms with Crippen molar-refractivity contribution in [1.82, 2.24) is 0 Å². The van der Waals surface area contributed by atoms with Crippen LogP contribution in [0.25, 0.3) is 0 Å². The van der Waals surface area contributed by atoms with E-state index in [0.717, 1.165) is 16.7 Å². The van der Waals surface area contributed by atoms with Crippen LogP contribution in [-0.2, 0) is 38.5 Å². The molecule has 126 valence electrons. The number of carbonyl (C=O) groups excluding carboxylic acids is 2. The van der Waals surface area contributed by atoms with Crippen LogP contribution in [0, 0.1) is 0 Å². The monoisotopic (exact) mass is 328 g/mol. The first kappa shape index (κ1) is 17.7. The minimum atomic E-state index is -1.22. The number of aliphatic hydroxyl groups is 1. The molecule has 1 N–H and O–H groups in total. The number of rotatable bonds is 7. The van der Waals surface area contributed by atoms with Gasteiger partial charge >= 0.3 is 11.9 Å². The zero-order valence-corrected chi connectivity index (χ0v) is 13.5. The van der Waals surface area contributed by atoms with Crippen molar-refractivity contribution in [2.45, 2.75) is 25.6 Å². The van der Waals surface area contributed by atoms with E-state index in [0.29, 0.717) is 0 Å². The highest BCUT2D eigenvalue weighted by atomic mass is 16.5. The van der Waals surface area contributed by atoms with Crippen molar-refractivity contribution < 1.29 is 24.2 Å². The smallest absolute Gasteiger partial charge is 0.335 e. The average molecular weight is 328 g/mol. The molecule has 24 heavy (non-hydrogen) atoms. The normalized spacial score (nSPS) is 11.6. The van der Waals surface area contributed by atoms with Gasteiger partial charge in [-0.15, -0.1) is 0 Å². The molecule has 0 heterocycles. The summed E-state index contributed by atoms with van der Waals surface area (Å²) in [6.07, 6.45) is -0.870. The van der Waals surface area contributed by atoms with Crippen molar-refractivity contribution in [3.63, 3.8) is 0 Å². The third-order valence-electron chi connectivity index (χ3n) is 3.52. The van der Waals surface area contributed by atoms with Gasteiger partial charge in [0.15, 0.2) is 6.10 Å². The fourth-order valence-corrected chi connectivity index (χ4v) is 2.16. The number of ether oxygens (including phenoxy) is 2. The van der Waals surface area contributed by atoms with Gasteiger partial charge in [-0.05, 0) is 16.7 Å². The lowest BCUT2D eigenvalue weighted by Gasteiger charge is -2.11. The minimum Gasteiger partial charge on any atom is -0.469 e. The molecule has 0 spiro atoms. The zero-order valence-electron chi connectivity index (χ0n) is 13.5. The summed E-state index contributed by atoms with van der Waals surface area (Å²) in [5.41, 5.74) is 2.46. The SMILES string of the molecule is COC(=O)Cc1ccc(C[C@@H](O)C(=O)OCc2ccccc2)cc1. The molecule has 0 bridgehead atoms. The zero-order chi connectivity index (χ0) is 17.4. The van der Waals surface area contributed by atoms with Crippen LogP contribution in [-0.4, -0.2) is 30.3 Å². The largest absolute Gasteiger partial charge is 0.469 e. The maximum Gasteiger partial charge on any atom is 0.335 e. The molecule has 5 heteroatoms. The molecule has 0 saturated carbocycles. The van der Waals surface area contributed by atoms with Crippen LogP contribution < -0.4 is 0 Å². The van der Waals surface area contributed by atoms with E-state index < -0.39 is 12.1 Å². The van der Waals surface area contributed by atoms with Gasteiger partial charge in [0, 0.05) is 6.42 Å². The van der Waals surface area contributed by atoms with Crippen LogP contribution in [0.5, 0.6) is 0 Å². The summed E-state index contributed by atoms with van der Waals surface area (Å²) in [6.45, 7) is 0.134. The number of esters is 2. The number of hydrogen-bond donors (Lipinski definition) is 1. The van der Waals surface area contributed by atoms with E-state index in [-0.39, 0.29) is 25.4 Å². The van der Waals surface area contributed by atoms with Gasteiger partial charge in [0.05, 0.1) is 13.5 Å². The Morgan fingerprint density at radius 1 is 0.958 bits per heavy atom. The summed E-state index contributed by atoms with van der Waals surface area (Å²) in [7, 11) is 1.34. The van der Waals surface area contributed by atoms with Crippen LogP contribution >= 0.6 is 0 Å². The van der Waals surface area contributed by atoms with E-state index in [4.69, 9.17) is 4.74 Å². The quantitative estimate of drug-likeness (QED) is 0.788. The van der Waals surface area contributed by atoms with Gasteiger partial charge in [-0.2, -0.15) is 0 Å². The van der Waals surface area contributed by atoms with Crippen LogP contribution in [0.15, 0.2) is 54.6 Å². The van der Waals surface area contributed by atoms with E-state index in [1.54, 1.807) is 24.3 Å². The number of carbonyl (C=O) groups is 2. The summed E-state index contributed by atoms with van der Waals surface area (Å²) in [6, 6.07) is 16.4. The number of aliphatic hydroxyl groups excluding tert-OH is 1. The van der Waals surface area contributed by atoms with Crippen molar-refractivity contribution in [3.8, 4) is 0 Å². The van der Waals surface area contributed by atoms with Gasteiger partial charge in [0.25, 0.3) is 0 Å². The Hall–Kier alpha value is -2.66. The Labute approximate surface area is 140 Å². The summed E-state index contributed by atoms with van der Waals surface area (Å²) in [4.78, 5) is 23.0. The van der Waals surface area contributed by atoms with Gasteiger partial charge in [0.1, 0.15) is 6.61 Å². The van der Waals surface area contributed by atoms with Crippen molar-refractivity contribution in [2.24, 2.45) is 0 Å². The van der Waals surface area contributed by atoms with E-state index >= 15 is 0 Å². The van der Waals surface area contributed by atoms with E-state index in [9.17, 15) is 14.7 Å². The third-order valence-corrected chi connectivity index (χ3v) is 3.52. The van der Waals surface area contributed by atoms with Crippen molar-refractivity contribution in [3.05, 3.63) is 71.3 Å². The number of methoxy groups -OCH3 is 1. The fourth-order valence-electron chi connectivity index (χ4n) is 2.16. The standard InChI is InChI=1S/C19H20O5/c1-23-18(21)12-15-9-7-14(8-10-15)11-17(20)19(22)24-13-16-5-3-2-4-6-16/h2-10,17,20H,11-13H2,1H3/t17-/m1/s1. The Kier molecular flexibility index (Phi) is 6.51. The first-order valence-electron chi connectivity index (χ1n) is 7.61. The number of benzene rings is 2. The Morgan fingerprint density at radius 3 is 2.21 bits per heavy atom. The molecule has 0 aliphatic rings. The topological polar surface area (TPSA) is 72.8 Å². The summed E-state index contributed by atoms with van der Waals surface area (Å²) in [5, 5.41) is 9.95. The lowest BCUT2D eigenvalue weighted by molar-refractivity contribution is -0.154. The molecular weight excluding hydrogens is 308 g/mol. The van der Waals surface area contributed by atoms with Gasteiger partial charge in [0.2, 0.25) is 0 Å². The summed E-state index contributed by atoms with van der Waals surface area (Å²) >= 11 is 0. The van der Waals surface area contributed by atoms with Gasteiger partial charge in [-0.3, -0.25) is 4.79 Å². The van der Waals surface area contributed by atoms with Crippen LogP contribution in [0.4, 0.5) is 0 Å². The average Bonchev–Trinajstić information content (AvgIpc) is 2.62. The van der Waals surface area contributed by atoms with Gasteiger partial charge in [-0.25, -0.2) is 4.79 Å². The molecule has 0 fully saturated rings. The Bertz CT molecular complexity index is 664. The molecule has 0 unspecified atom stereocenters. The van der Waals surface area contributed by atoms with Crippen LogP contribution in [0.2, 0.25) is 0 Å². The lowest BCUT2D eigenvalue weighted by atomic mass is 10.0. The highest BCUT2D eigenvalue weighted by Crippen LogP contribution is 2.10. The first-order valence-corrected chi connectivity index (χ1v) is 7.61. The molecular formula is C19H20O5. The molecule has 0 aromatic heterocycles. The molecule has 2 aromatic rings. The van der Waals surface area contributed by atoms with E-state index in [1.807, 2.05) is 30.3 Å². The maximum atomic E-state index is 11.8. The van der Waals surface area contributed by atoms with Crippen molar-refractivity contribution >= 4 is 11.9 Å². The second-order valence-corrected chi connectivity index (χ2v) is 5.38. The molecule has 1 atom stereocenters. The summed E-state index contributed by atoms with van der Waals surface area (Å²) < 4.78 is 9.71.